The first kappa shape index (κ1) is 11.3. The molecule has 2 rings (SSSR count). The Kier molecular flexibility index (Phi) is 2.58. The van der Waals surface area contributed by atoms with Crippen LogP contribution in [0.5, 0.6) is 0 Å². The van der Waals surface area contributed by atoms with Gasteiger partial charge in [0.25, 0.3) is 0 Å². The topological polar surface area (TPSA) is 66.5 Å². The molecule has 5 nitrogen and oxygen atoms in total. The van der Waals surface area contributed by atoms with Gasteiger partial charge in [-0.25, -0.2) is 0 Å². The summed E-state index contributed by atoms with van der Waals surface area (Å²) in [7, 11) is 0. The predicted octanol–water partition coefficient (Wildman–Crippen LogP) is -0.298. The van der Waals surface area contributed by atoms with Crippen LogP contribution in [0, 0.1) is 5.92 Å². The second kappa shape index (κ2) is 3.66. The Bertz CT molecular complexity index is 358. The number of nitrogens with zero attached hydrogens (tertiary/aromatic N) is 1. The van der Waals surface area contributed by atoms with Crippen LogP contribution in [0.25, 0.3) is 0 Å². The fraction of sp³-hybridized carbons (Fsp3) is 0.727. The molecule has 2 aliphatic rings. The lowest BCUT2D eigenvalue weighted by molar-refractivity contribution is -0.146. The first-order chi connectivity index (χ1) is 7.41. The molecule has 0 bridgehead atoms. The molecule has 5 heteroatoms. The van der Waals surface area contributed by atoms with E-state index in [4.69, 9.17) is 0 Å². The molecule has 1 aliphatic heterocycles. The Morgan fingerprint density at radius 1 is 1.44 bits per heavy atom. The summed E-state index contributed by atoms with van der Waals surface area (Å²) in [5, 5.41) is 2.29. The third kappa shape index (κ3) is 2.00. The number of piperazine rings is 1. The summed E-state index contributed by atoms with van der Waals surface area (Å²) in [6, 6.07) is 0. The number of nitrogens with one attached hydrogen (secondary N) is 1. The Morgan fingerprint density at radius 3 is 2.62 bits per heavy atom. The van der Waals surface area contributed by atoms with Crippen LogP contribution in [-0.2, 0) is 14.4 Å². The number of carbonyl (C=O) groups excluding carboxylic acids is 3. The molecule has 1 heterocycles. The summed E-state index contributed by atoms with van der Waals surface area (Å²) in [5.41, 5.74) is -0.779. The second-order valence-corrected chi connectivity index (χ2v) is 5.03. The fourth-order valence-electron chi connectivity index (χ4n) is 1.81. The van der Waals surface area contributed by atoms with Crippen LogP contribution in [0.4, 0.5) is 0 Å². The predicted molar refractivity (Wildman–Crippen MR) is 56.5 cm³/mol. The number of ketones is 1. The number of amides is 2. The van der Waals surface area contributed by atoms with E-state index in [9.17, 15) is 14.4 Å². The summed E-state index contributed by atoms with van der Waals surface area (Å²) in [5.74, 6) is -0.341. The van der Waals surface area contributed by atoms with Crippen LogP contribution in [0.1, 0.15) is 26.7 Å². The highest BCUT2D eigenvalue weighted by molar-refractivity contribution is 6.03. The van der Waals surface area contributed by atoms with Crippen molar-refractivity contribution in [2.24, 2.45) is 5.92 Å². The molecule has 1 N–H and O–H groups in total. The lowest BCUT2D eigenvalue weighted by Gasteiger charge is -2.39. The van der Waals surface area contributed by atoms with E-state index in [1.807, 2.05) is 0 Å². The summed E-state index contributed by atoms with van der Waals surface area (Å²) in [6.45, 7) is 3.79. The summed E-state index contributed by atoms with van der Waals surface area (Å²) < 4.78 is 0. The summed E-state index contributed by atoms with van der Waals surface area (Å²) in [4.78, 5) is 36.2. The highest BCUT2D eigenvalue weighted by Crippen LogP contribution is 2.31. The van der Waals surface area contributed by atoms with E-state index in [-0.39, 0.29) is 36.6 Å². The van der Waals surface area contributed by atoms with Gasteiger partial charge in [-0.15, -0.1) is 0 Å². The van der Waals surface area contributed by atoms with Crippen LogP contribution in [-0.4, -0.2) is 41.1 Å². The van der Waals surface area contributed by atoms with E-state index in [0.29, 0.717) is 0 Å². The average molecular weight is 224 g/mol. The van der Waals surface area contributed by atoms with Gasteiger partial charge in [-0.05, 0) is 26.7 Å². The van der Waals surface area contributed by atoms with Gasteiger partial charge in [-0.2, -0.15) is 0 Å². The molecular weight excluding hydrogens is 208 g/mol. The van der Waals surface area contributed by atoms with Crippen LogP contribution < -0.4 is 5.32 Å². The van der Waals surface area contributed by atoms with Crippen molar-refractivity contribution >= 4 is 17.6 Å². The third-order valence-corrected chi connectivity index (χ3v) is 3.31. The fourth-order valence-corrected chi connectivity index (χ4v) is 1.81. The van der Waals surface area contributed by atoms with Gasteiger partial charge in [0.05, 0.1) is 18.6 Å². The van der Waals surface area contributed by atoms with Gasteiger partial charge >= 0.3 is 0 Å². The molecule has 2 fully saturated rings. The third-order valence-electron chi connectivity index (χ3n) is 3.31. The van der Waals surface area contributed by atoms with Crippen molar-refractivity contribution in [2.45, 2.75) is 32.2 Å². The van der Waals surface area contributed by atoms with Crippen molar-refractivity contribution in [1.82, 2.24) is 10.2 Å². The van der Waals surface area contributed by atoms with E-state index in [2.05, 4.69) is 5.32 Å². The Morgan fingerprint density at radius 2 is 2.06 bits per heavy atom. The highest BCUT2D eigenvalue weighted by Gasteiger charge is 2.43. The smallest absolute Gasteiger partial charge is 0.246 e. The van der Waals surface area contributed by atoms with Crippen LogP contribution >= 0.6 is 0 Å². The van der Waals surface area contributed by atoms with Gasteiger partial charge in [0.2, 0.25) is 11.8 Å². The maximum atomic E-state index is 11.7. The lowest BCUT2D eigenvalue weighted by atomic mass is 9.98. The van der Waals surface area contributed by atoms with E-state index in [0.717, 1.165) is 12.8 Å². The minimum absolute atomic E-state index is 0.122. The SMILES string of the molecule is CC1(C)C(=O)NC(=O)CN1CC(=O)C1CC1. The maximum Gasteiger partial charge on any atom is 0.246 e. The Hall–Kier alpha value is -1.23. The molecule has 0 radical (unpaired) electrons. The highest BCUT2D eigenvalue weighted by atomic mass is 16.2. The number of imide groups is 1. The number of hydrogen-bond donors (Lipinski definition) is 1. The molecule has 1 saturated carbocycles. The molecule has 1 aliphatic carbocycles. The Labute approximate surface area is 94.2 Å². The zero-order chi connectivity index (χ0) is 11.9. The van der Waals surface area contributed by atoms with Crippen molar-refractivity contribution in [2.75, 3.05) is 13.1 Å². The van der Waals surface area contributed by atoms with Gasteiger partial charge in [-0.1, -0.05) is 0 Å². The normalized spacial score (nSPS) is 25.4. The molecule has 0 atom stereocenters. The van der Waals surface area contributed by atoms with Crippen LogP contribution in [0.3, 0.4) is 0 Å². The van der Waals surface area contributed by atoms with E-state index >= 15 is 0 Å². The second-order valence-electron chi connectivity index (χ2n) is 5.03. The number of rotatable bonds is 3. The van der Waals surface area contributed by atoms with E-state index in [1.165, 1.54) is 0 Å². The average Bonchev–Trinajstić information content (AvgIpc) is 2.97. The molecule has 0 aromatic heterocycles. The van der Waals surface area contributed by atoms with Crippen molar-refractivity contribution in [3.8, 4) is 0 Å². The number of hydrogen-bond acceptors (Lipinski definition) is 4. The summed E-state index contributed by atoms with van der Waals surface area (Å²) >= 11 is 0. The molecule has 0 aromatic rings. The monoisotopic (exact) mass is 224 g/mol. The van der Waals surface area contributed by atoms with Gasteiger partial charge in [-0.3, -0.25) is 24.6 Å². The molecule has 2 amide bonds. The van der Waals surface area contributed by atoms with Crippen molar-refractivity contribution < 1.29 is 14.4 Å². The zero-order valence-electron chi connectivity index (χ0n) is 9.58. The largest absolute Gasteiger partial charge is 0.298 e. The molecule has 16 heavy (non-hydrogen) atoms. The van der Waals surface area contributed by atoms with Crippen LogP contribution in [0.2, 0.25) is 0 Å². The van der Waals surface area contributed by atoms with Gasteiger partial charge in [0, 0.05) is 5.92 Å². The van der Waals surface area contributed by atoms with Crippen LogP contribution in [0.15, 0.2) is 0 Å². The number of Topliss-reactive ketones (excluding diaryl/α,β-unsaturated/α-hetero) is 1. The lowest BCUT2D eigenvalue weighted by Crippen LogP contribution is -2.64. The molecule has 0 unspecified atom stereocenters. The standard InChI is InChI=1S/C11H16N2O3/c1-11(2)10(16)12-9(15)6-13(11)5-8(14)7-3-4-7/h7H,3-6H2,1-2H3,(H,12,15,16). The summed E-state index contributed by atoms with van der Waals surface area (Å²) in [6.07, 6.45) is 1.90. The quantitative estimate of drug-likeness (QED) is 0.668. The molecule has 0 spiro atoms. The molecule has 88 valence electrons. The molecular formula is C11H16N2O3. The van der Waals surface area contributed by atoms with Gasteiger partial charge < -0.3 is 0 Å². The van der Waals surface area contributed by atoms with E-state index < -0.39 is 5.54 Å². The maximum absolute atomic E-state index is 11.7. The first-order valence-electron chi connectivity index (χ1n) is 5.53. The van der Waals surface area contributed by atoms with Gasteiger partial charge in [0.15, 0.2) is 0 Å². The molecule has 1 saturated heterocycles. The zero-order valence-corrected chi connectivity index (χ0v) is 9.58. The minimum Gasteiger partial charge on any atom is -0.298 e. The minimum atomic E-state index is -0.779. The first-order valence-corrected chi connectivity index (χ1v) is 5.53. The van der Waals surface area contributed by atoms with Crippen molar-refractivity contribution in [1.29, 1.82) is 0 Å². The Balaban J connectivity index is 2.07. The molecule has 0 aromatic carbocycles. The van der Waals surface area contributed by atoms with Crippen molar-refractivity contribution in [3.63, 3.8) is 0 Å². The van der Waals surface area contributed by atoms with Crippen molar-refractivity contribution in [3.05, 3.63) is 0 Å². The van der Waals surface area contributed by atoms with Gasteiger partial charge in [0.1, 0.15) is 5.78 Å². The van der Waals surface area contributed by atoms with E-state index in [1.54, 1.807) is 18.7 Å². The number of carbonyl (C=O) groups is 3.